The summed E-state index contributed by atoms with van der Waals surface area (Å²) in [6.45, 7) is 3.59. The molecule has 0 aliphatic carbocycles. The second-order valence-electron chi connectivity index (χ2n) is 4.24. The quantitative estimate of drug-likeness (QED) is 0.920. The second-order valence-corrected chi connectivity index (χ2v) is 5.22. The minimum absolute atomic E-state index is 0.235. The average molecular weight is 280 g/mol. The zero-order valence-electron chi connectivity index (χ0n) is 9.83. The van der Waals surface area contributed by atoms with Gasteiger partial charge < -0.3 is 10.2 Å². The Morgan fingerprint density at radius 1 is 1.17 bits per heavy atom. The number of aromatic nitrogens is 2. The predicted molar refractivity (Wildman–Crippen MR) is 63.7 cm³/mol. The standard InChI is InChI=1S/C10H15F3N4S/c11-10(12,13)8-15-16-9(18-8)14-4-7-17-5-2-1-3-6-17/h1-7H2,(H,14,16). The number of anilines is 1. The van der Waals surface area contributed by atoms with Crippen molar-refractivity contribution in [1.29, 1.82) is 0 Å². The lowest BCUT2D eigenvalue weighted by Crippen LogP contribution is -2.33. The lowest BCUT2D eigenvalue weighted by atomic mass is 10.1. The summed E-state index contributed by atoms with van der Waals surface area (Å²) in [5, 5.41) is 8.83. The normalized spacial score (nSPS) is 17.9. The van der Waals surface area contributed by atoms with Gasteiger partial charge in [-0.3, -0.25) is 0 Å². The van der Waals surface area contributed by atoms with E-state index < -0.39 is 11.2 Å². The summed E-state index contributed by atoms with van der Waals surface area (Å²) in [5.41, 5.74) is 0. The van der Waals surface area contributed by atoms with Gasteiger partial charge in [-0.15, -0.1) is 10.2 Å². The minimum Gasteiger partial charge on any atom is -0.359 e. The Balaban J connectivity index is 1.74. The molecule has 2 heterocycles. The topological polar surface area (TPSA) is 41.1 Å². The number of likely N-dealkylation sites (tertiary alicyclic amines) is 1. The average Bonchev–Trinajstić information content (AvgIpc) is 2.79. The van der Waals surface area contributed by atoms with Crippen LogP contribution in [0.15, 0.2) is 0 Å². The Morgan fingerprint density at radius 3 is 2.50 bits per heavy atom. The van der Waals surface area contributed by atoms with Crippen LogP contribution in [0.2, 0.25) is 0 Å². The van der Waals surface area contributed by atoms with Crippen molar-refractivity contribution in [1.82, 2.24) is 15.1 Å². The molecule has 0 atom stereocenters. The highest BCUT2D eigenvalue weighted by Crippen LogP contribution is 2.32. The molecule has 2 rings (SSSR count). The van der Waals surface area contributed by atoms with Crippen LogP contribution in [0.1, 0.15) is 24.3 Å². The van der Waals surface area contributed by atoms with Crippen LogP contribution < -0.4 is 5.32 Å². The zero-order chi connectivity index (χ0) is 13.0. The van der Waals surface area contributed by atoms with Gasteiger partial charge in [0.2, 0.25) is 10.1 Å². The van der Waals surface area contributed by atoms with Crippen LogP contribution in [-0.2, 0) is 6.18 Å². The fourth-order valence-electron chi connectivity index (χ4n) is 1.91. The van der Waals surface area contributed by atoms with Crippen molar-refractivity contribution in [2.24, 2.45) is 0 Å². The molecule has 1 aliphatic rings. The van der Waals surface area contributed by atoms with Crippen molar-refractivity contribution in [3.05, 3.63) is 5.01 Å². The van der Waals surface area contributed by atoms with Crippen molar-refractivity contribution >= 4 is 16.5 Å². The third kappa shape index (κ3) is 3.81. The molecule has 1 aromatic rings. The maximum Gasteiger partial charge on any atom is 0.445 e. The first-order valence-corrected chi connectivity index (χ1v) is 6.74. The molecule has 8 heteroatoms. The lowest BCUT2D eigenvalue weighted by molar-refractivity contribution is -0.138. The Morgan fingerprint density at radius 2 is 1.89 bits per heavy atom. The smallest absolute Gasteiger partial charge is 0.359 e. The van der Waals surface area contributed by atoms with Gasteiger partial charge in [-0.1, -0.05) is 17.8 Å². The first kappa shape index (κ1) is 13.5. The Bertz CT molecular complexity index is 373. The number of halogens is 3. The predicted octanol–water partition coefficient (Wildman–Crippen LogP) is 2.45. The molecular weight excluding hydrogens is 265 g/mol. The number of rotatable bonds is 4. The lowest BCUT2D eigenvalue weighted by Gasteiger charge is -2.26. The molecule has 1 saturated heterocycles. The highest BCUT2D eigenvalue weighted by Gasteiger charge is 2.35. The molecule has 0 spiro atoms. The highest BCUT2D eigenvalue weighted by molar-refractivity contribution is 7.15. The van der Waals surface area contributed by atoms with E-state index in [1.165, 1.54) is 19.3 Å². The summed E-state index contributed by atoms with van der Waals surface area (Å²) in [4.78, 5) is 2.31. The van der Waals surface area contributed by atoms with Crippen LogP contribution in [-0.4, -0.2) is 41.3 Å². The highest BCUT2D eigenvalue weighted by atomic mass is 32.1. The van der Waals surface area contributed by atoms with Gasteiger partial charge in [0.15, 0.2) is 0 Å². The monoisotopic (exact) mass is 280 g/mol. The Labute approximate surface area is 107 Å². The van der Waals surface area contributed by atoms with Crippen LogP contribution in [0, 0.1) is 0 Å². The van der Waals surface area contributed by atoms with Crippen LogP contribution in [0.3, 0.4) is 0 Å². The first-order valence-electron chi connectivity index (χ1n) is 5.92. The number of nitrogens with zero attached hydrogens (tertiary/aromatic N) is 3. The van der Waals surface area contributed by atoms with Crippen molar-refractivity contribution < 1.29 is 13.2 Å². The van der Waals surface area contributed by atoms with Crippen molar-refractivity contribution in [3.63, 3.8) is 0 Å². The van der Waals surface area contributed by atoms with Crippen molar-refractivity contribution in [3.8, 4) is 0 Å². The SMILES string of the molecule is FC(F)(F)c1nnc(NCCN2CCCCC2)s1. The third-order valence-electron chi connectivity index (χ3n) is 2.82. The Hall–Kier alpha value is -0.890. The van der Waals surface area contributed by atoms with Gasteiger partial charge in [0.25, 0.3) is 0 Å². The molecule has 0 saturated carbocycles. The molecular formula is C10H15F3N4S. The minimum atomic E-state index is -4.40. The number of piperidine rings is 1. The fraction of sp³-hybridized carbons (Fsp3) is 0.800. The summed E-state index contributed by atoms with van der Waals surface area (Å²) in [5.74, 6) is 0. The molecule has 1 N–H and O–H groups in total. The van der Waals surface area contributed by atoms with Crippen molar-refractivity contribution in [2.45, 2.75) is 25.4 Å². The summed E-state index contributed by atoms with van der Waals surface area (Å²) >= 11 is 0.550. The van der Waals surface area contributed by atoms with Gasteiger partial charge in [0.05, 0.1) is 0 Å². The number of alkyl halides is 3. The van der Waals surface area contributed by atoms with Crippen LogP contribution in [0.4, 0.5) is 18.3 Å². The maximum atomic E-state index is 12.3. The largest absolute Gasteiger partial charge is 0.445 e. The number of hydrogen-bond donors (Lipinski definition) is 1. The van der Waals surface area contributed by atoms with E-state index in [1.54, 1.807) is 0 Å². The summed E-state index contributed by atoms with van der Waals surface area (Å²) in [6.07, 6.45) is -0.714. The Kier molecular flexibility index (Phi) is 4.39. The molecule has 4 nitrogen and oxygen atoms in total. The van der Waals surface area contributed by atoms with E-state index in [2.05, 4.69) is 20.4 Å². The van der Waals surface area contributed by atoms with Gasteiger partial charge in [-0.2, -0.15) is 13.2 Å². The first-order chi connectivity index (χ1) is 8.55. The van der Waals surface area contributed by atoms with Gasteiger partial charge in [-0.05, 0) is 25.9 Å². The van der Waals surface area contributed by atoms with E-state index in [0.29, 0.717) is 17.9 Å². The maximum absolute atomic E-state index is 12.3. The number of nitrogens with one attached hydrogen (secondary N) is 1. The second kappa shape index (κ2) is 5.83. The molecule has 0 aromatic carbocycles. The molecule has 1 aliphatic heterocycles. The fourth-order valence-corrected chi connectivity index (χ4v) is 2.55. The molecule has 18 heavy (non-hydrogen) atoms. The van der Waals surface area contributed by atoms with E-state index in [9.17, 15) is 13.2 Å². The van der Waals surface area contributed by atoms with E-state index >= 15 is 0 Å². The molecule has 0 amide bonds. The van der Waals surface area contributed by atoms with E-state index in [4.69, 9.17) is 0 Å². The summed E-state index contributed by atoms with van der Waals surface area (Å²) in [7, 11) is 0. The molecule has 0 unspecified atom stereocenters. The summed E-state index contributed by atoms with van der Waals surface area (Å²) < 4.78 is 36.9. The number of hydrogen-bond acceptors (Lipinski definition) is 5. The van der Waals surface area contributed by atoms with Gasteiger partial charge in [0.1, 0.15) is 0 Å². The van der Waals surface area contributed by atoms with E-state index in [-0.39, 0.29) is 5.13 Å². The third-order valence-corrected chi connectivity index (χ3v) is 3.75. The van der Waals surface area contributed by atoms with Crippen LogP contribution >= 0.6 is 11.3 Å². The molecule has 102 valence electrons. The molecule has 0 bridgehead atoms. The van der Waals surface area contributed by atoms with Crippen LogP contribution in [0.25, 0.3) is 0 Å². The summed E-state index contributed by atoms with van der Waals surface area (Å²) in [6, 6.07) is 0. The molecule has 0 radical (unpaired) electrons. The van der Waals surface area contributed by atoms with E-state index in [0.717, 1.165) is 19.6 Å². The molecule has 1 aromatic heterocycles. The van der Waals surface area contributed by atoms with Crippen LogP contribution in [0.5, 0.6) is 0 Å². The van der Waals surface area contributed by atoms with E-state index in [1.807, 2.05) is 0 Å². The van der Waals surface area contributed by atoms with Crippen molar-refractivity contribution in [2.75, 3.05) is 31.5 Å². The van der Waals surface area contributed by atoms with Gasteiger partial charge in [0, 0.05) is 13.1 Å². The van der Waals surface area contributed by atoms with Gasteiger partial charge in [-0.25, -0.2) is 0 Å². The zero-order valence-corrected chi connectivity index (χ0v) is 10.7. The van der Waals surface area contributed by atoms with Gasteiger partial charge >= 0.3 is 6.18 Å². The molecule has 1 fully saturated rings.